The van der Waals surface area contributed by atoms with Gasteiger partial charge in [-0.2, -0.15) is 13.2 Å². The number of halogens is 3. The molecule has 4 nitrogen and oxygen atoms in total. The molecule has 0 fully saturated rings. The van der Waals surface area contributed by atoms with E-state index in [1.54, 1.807) is 56.4 Å². The van der Waals surface area contributed by atoms with Gasteiger partial charge >= 0.3 is 6.18 Å². The van der Waals surface area contributed by atoms with Gasteiger partial charge in [-0.05, 0) is 36.1 Å². The minimum absolute atomic E-state index is 0.0125. The number of carbonyl (C=O) groups is 1. The summed E-state index contributed by atoms with van der Waals surface area (Å²) in [6, 6.07) is 6.96. The number of amides is 1. The Hall–Kier alpha value is -2.35. The number of alkyl halides is 3. The van der Waals surface area contributed by atoms with Crippen molar-refractivity contribution in [3.8, 4) is 5.75 Å². The Bertz CT molecular complexity index is 821. The van der Waals surface area contributed by atoms with Crippen molar-refractivity contribution in [2.75, 3.05) is 13.1 Å². The summed E-state index contributed by atoms with van der Waals surface area (Å²) in [5.41, 5.74) is 1.10. The fourth-order valence-electron chi connectivity index (χ4n) is 2.58. The Morgan fingerprint density at radius 2 is 1.83 bits per heavy atom. The van der Waals surface area contributed by atoms with E-state index in [-0.39, 0.29) is 6.54 Å². The van der Waals surface area contributed by atoms with Crippen molar-refractivity contribution < 1.29 is 22.7 Å². The van der Waals surface area contributed by atoms with Crippen molar-refractivity contribution >= 4 is 23.3 Å². The van der Waals surface area contributed by atoms with Crippen molar-refractivity contribution in [1.82, 2.24) is 9.88 Å². The first-order chi connectivity index (χ1) is 13.4. The molecule has 1 aromatic heterocycles. The van der Waals surface area contributed by atoms with E-state index < -0.39 is 24.0 Å². The van der Waals surface area contributed by atoms with Gasteiger partial charge in [0.15, 0.2) is 0 Å². The number of ether oxygens (including phenoxy) is 1. The number of thiazole rings is 1. The number of aryl methyl sites for hydroxylation is 1. The summed E-state index contributed by atoms with van der Waals surface area (Å²) < 4.78 is 44.1. The Kier molecular flexibility index (Phi) is 7.46. The molecule has 0 spiro atoms. The standard InChI is InChI=1S/C21H25F3N2O2S/c1-15-25-17(12-29-15)11-28-18-8-5-16(6-9-18)7-10-19(27)26(13-20(2,3)4)14-21(22,23)24/h5-10,12H,11,13-14H2,1-4H3/b10-7+. The molecule has 2 aromatic rings. The van der Waals surface area contributed by atoms with E-state index >= 15 is 0 Å². The summed E-state index contributed by atoms with van der Waals surface area (Å²) in [6.45, 7) is 6.40. The van der Waals surface area contributed by atoms with Crippen LogP contribution in [-0.2, 0) is 11.4 Å². The molecule has 0 aliphatic rings. The molecule has 1 aromatic carbocycles. The normalized spacial score (nSPS) is 12.4. The highest BCUT2D eigenvalue weighted by Gasteiger charge is 2.34. The number of aromatic nitrogens is 1. The number of rotatable bonds is 7. The van der Waals surface area contributed by atoms with Crippen LogP contribution in [0, 0.1) is 12.3 Å². The highest BCUT2D eigenvalue weighted by Crippen LogP contribution is 2.22. The lowest BCUT2D eigenvalue weighted by molar-refractivity contribution is -0.160. The Morgan fingerprint density at radius 1 is 1.17 bits per heavy atom. The van der Waals surface area contributed by atoms with Crippen molar-refractivity contribution in [3.63, 3.8) is 0 Å². The van der Waals surface area contributed by atoms with E-state index in [9.17, 15) is 18.0 Å². The van der Waals surface area contributed by atoms with E-state index in [0.717, 1.165) is 15.6 Å². The molecule has 1 amide bonds. The number of carbonyl (C=O) groups excluding carboxylic acids is 1. The van der Waals surface area contributed by atoms with Gasteiger partial charge in [0.05, 0.1) is 10.7 Å². The third-order valence-electron chi connectivity index (χ3n) is 3.70. The van der Waals surface area contributed by atoms with Crippen molar-refractivity contribution in [1.29, 1.82) is 0 Å². The molecule has 0 aliphatic heterocycles. The summed E-state index contributed by atoms with van der Waals surface area (Å²) >= 11 is 1.55. The number of hydrogen-bond acceptors (Lipinski definition) is 4. The first-order valence-electron chi connectivity index (χ1n) is 9.09. The monoisotopic (exact) mass is 426 g/mol. The van der Waals surface area contributed by atoms with Crippen molar-refractivity contribution in [2.45, 2.75) is 40.5 Å². The highest BCUT2D eigenvalue weighted by molar-refractivity contribution is 7.09. The number of hydrogen-bond donors (Lipinski definition) is 0. The number of nitrogens with zero attached hydrogens (tertiary/aromatic N) is 2. The van der Waals surface area contributed by atoms with Gasteiger partial charge in [-0.25, -0.2) is 4.98 Å². The molecule has 158 valence electrons. The third-order valence-corrected chi connectivity index (χ3v) is 4.52. The summed E-state index contributed by atoms with van der Waals surface area (Å²) in [5.74, 6) is -0.0259. The molecule has 1 heterocycles. The van der Waals surface area contributed by atoms with Crippen LogP contribution in [0.1, 0.15) is 37.0 Å². The van der Waals surface area contributed by atoms with Crippen LogP contribution in [0.3, 0.4) is 0 Å². The van der Waals surface area contributed by atoms with Crippen LogP contribution in [0.4, 0.5) is 13.2 Å². The lowest BCUT2D eigenvalue weighted by atomic mass is 9.96. The Balaban J connectivity index is 1.98. The predicted octanol–water partition coefficient (Wildman–Crippen LogP) is 5.48. The van der Waals surface area contributed by atoms with Crippen LogP contribution in [0.25, 0.3) is 6.08 Å². The number of benzene rings is 1. The SMILES string of the molecule is Cc1nc(COc2ccc(/C=C/C(=O)N(CC(C)(C)C)CC(F)(F)F)cc2)cs1. The van der Waals surface area contributed by atoms with Gasteiger partial charge < -0.3 is 9.64 Å². The first kappa shape index (κ1) is 22.9. The molecule has 0 N–H and O–H groups in total. The summed E-state index contributed by atoms with van der Waals surface area (Å²) in [4.78, 5) is 17.5. The highest BCUT2D eigenvalue weighted by atomic mass is 32.1. The maximum atomic E-state index is 12.8. The largest absolute Gasteiger partial charge is 0.487 e. The zero-order valence-corrected chi connectivity index (χ0v) is 17.7. The second-order valence-electron chi connectivity index (χ2n) is 7.92. The summed E-state index contributed by atoms with van der Waals surface area (Å²) in [5, 5.41) is 2.90. The minimum atomic E-state index is -4.44. The maximum Gasteiger partial charge on any atom is 0.406 e. The van der Waals surface area contributed by atoms with E-state index in [0.29, 0.717) is 17.9 Å². The molecule has 8 heteroatoms. The van der Waals surface area contributed by atoms with Gasteiger partial charge in [0, 0.05) is 18.0 Å². The van der Waals surface area contributed by atoms with Gasteiger partial charge in [0.2, 0.25) is 5.91 Å². The topological polar surface area (TPSA) is 42.4 Å². The predicted molar refractivity (Wildman–Crippen MR) is 109 cm³/mol. The van der Waals surface area contributed by atoms with E-state index in [2.05, 4.69) is 4.98 Å². The lowest BCUT2D eigenvalue weighted by Crippen LogP contribution is -2.42. The molecular weight excluding hydrogens is 401 g/mol. The van der Waals surface area contributed by atoms with Crippen LogP contribution >= 0.6 is 11.3 Å². The smallest absolute Gasteiger partial charge is 0.406 e. The van der Waals surface area contributed by atoms with Crippen molar-refractivity contribution in [3.05, 3.63) is 52.0 Å². The van der Waals surface area contributed by atoms with Gasteiger partial charge in [-0.1, -0.05) is 32.9 Å². The Labute approximate surface area is 173 Å². The van der Waals surface area contributed by atoms with Gasteiger partial charge in [-0.15, -0.1) is 11.3 Å². The van der Waals surface area contributed by atoms with E-state index in [1.165, 1.54) is 12.2 Å². The molecule has 0 unspecified atom stereocenters. The molecule has 0 aliphatic carbocycles. The van der Waals surface area contributed by atoms with Crippen LogP contribution in [0.5, 0.6) is 5.75 Å². The zero-order chi connectivity index (χ0) is 21.7. The average Bonchev–Trinajstić information content (AvgIpc) is 3.01. The maximum absolute atomic E-state index is 12.8. The molecule has 0 atom stereocenters. The second-order valence-corrected chi connectivity index (χ2v) is 8.98. The van der Waals surface area contributed by atoms with Crippen LogP contribution in [0.15, 0.2) is 35.7 Å². The second kappa shape index (κ2) is 9.43. The fraction of sp³-hybridized carbons (Fsp3) is 0.429. The molecule has 29 heavy (non-hydrogen) atoms. The van der Waals surface area contributed by atoms with E-state index in [4.69, 9.17) is 4.74 Å². The molecule has 0 saturated heterocycles. The average molecular weight is 427 g/mol. The minimum Gasteiger partial charge on any atom is -0.487 e. The summed E-state index contributed by atoms with van der Waals surface area (Å²) in [7, 11) is 0. The van der Waals surface area contributed by atoms with Gasteiger partial charge in [0.25, 0.3) is 0 Å². The Morgan fingerprint density at radius 3 is 2.34 bits per heavy atom. The lowest BCUT2D eigenvalue weighted by Gasteiger charge is -2.29. The van der Waals surface area contributed by atoms with Gasteiger partial charge in [0.1, 0.15) is 18.9 Å². The molecule has 0 saturated carbocycles. The zero-order valence-electron chi connectivity index (χ0n) is 16.9. The molecule has 0 radical (unpaired) electrons. The van der Waals surface area contributed by atoms with Crippen molar-refractivity contribution in [2.24, 2.45) is 5.41 Å². The summed E-state index contributed by atoms with van der Waals surface area (Å²) in [6.07, 6.45) is -1.77. The third kappa shape index (κ3) is 8.68. The first-order valence-corrected chi connectivity index (χ1v) is 9.97. The molecule has 0 bridgehead atoms. The van der Waals surface area contributed by atoms with Gasteiger partial charge in [-0.3, -0.25) is 4.79 Å². The quantitative estimate of drug-likeness (QED) is 0.551. The van der Waals surface area contributed by atoms with E-state index in [1.807, 2.05) is 12.3 Å². The van der Waals surface area contributed by atoms with Crippen LogP contribution in [-0.4, -0.2) is 35.1 Å². The van der Waals surface area contributed by atoms with Crippen LogP contribution in [0.2, 0.25) is 0 Å². The fourth-order valence-corrected chi connectivity index (χ4v) is 3.18. The van der Waals surface area contributed by atoms with Crippen LogP contribution < -0.4 is 4.74 Å². The molecular formula is C21H25F3N2O2S. The molecule has 2 rings (SSSR count).